The molecule has 0 N–H and O–H groups in total. The van der Waals surface area contributed by atoms with Crippen LogP contribution in [-0.2, 0) is 27.6 Å². The molecule has 5 nitrogen and oxygen atoms in total. The molecule has 3 aliphatic rings. The van der Waals surface area contributed by atoms with Crippen molar-refractivity contribution < 1.29 is 13.2 Å². The Labute approximate surface area is 131 Å². The van der Waals surface area contributed by atoms with Crippen molar-refractivity contribution in [1.82, 2.24) is 9.21 Å². The van der Waals surface area contributed by atoms with E-state index in [1.54, 1.807) is 4.31 Å². The molecule has 0 radical (unpaired) electrons. The maximum atomic E-state index is 13.0. The summed E-state index contributed by atoms with van der Waals surface area (Å²) in [5.74, 6) is 0. The second-order valence-corrected chi connectivity index (χ2v) is 8.83. The van der Waals surface area contributed by atoms with Crippen LogP contribution < -0.4 is 0 Å². The van der Waals surface area contributed by atoms with E-state index < -0.39 is 10.0 Å². The number of fused-ring (bicyclic) bond motifs is 2. The summed E-state index contributed by atoms with van der Waals surface area (Å²) in [7, 11) is -1.20. The number of likely N-dealkylation sites (N-methyl/N-ethyl adjacent to an activating group) is 1. The van der Waals surface area contributed by atoms with Crippen LogP contribution in [0.5, 0.6) is 0 Å². The van der Waals surface area contributed by atoms with Gasteiger partial charge < -0.3 is 4.74 Å². The van der Waals surface area contributed by atoms with E-state index in [4.69, 9.17) is 4.74 Å². The highest BCUT2D eigenvalue weighted by Crippen LogP contribution is 2.31. The Hall–Kier alpha value is -0.950. The monoisotopic (exact) mass is 322 g/mol. The Morgan fingerprint density at radius 1 is 1.14 bits per heavy atom. The van der Waals surface area contributed by atoms with Gasteiger partial charge in [0.15, 0.2) is 0 Å². The molecule has 2 saturated heterocycles. The van der Waals surface area contributed by atoms with Gasteiger partial charge in [-0.2, -0.15) is 4.31 Å². The molecule has 1 aromatic carbocycles. The summed E-state index contributed by atoms with van der Waals surface area (Å²) in [6.07, 6.45) is 1.31. The molecule has 0 bridgehead atoms. The molecule has 2 fully saturated rings. The van der Waals surface area contributed by atoms with Crippen molar-refractivity contribution in [3.8, 4) is 0 Å². The van der Waals surface area contributed by atoms with Crippen LogP contribution >= 0.6 is 0 Å². The van der Waals surface area contributed by atoms with Gasteiger partial charge in [0, 0.05) is 19.6 Å². The fourth-order valence-corrected chi connectivity index (χ4v) is 5.89. The molecular weight excluding hydrogens is 300 g/mol. The zero-order chi connectivity index (χ0) is 15.3. The van der Waals surface area contributed by atoms with Crippen molar-refractivity contribution in [2.45, 2.75) is 30.2 Å². The van der Waals surface area contributed by atoms with Crippen molar-refractivity contribution in [3.63, 3.8) is 0 Å². The molecule has 0 amide bonds. The van der Waals surface area contributed by atoms with E-state index >= 15 is 0 Å². The Kier molecular flexibility index (Phi) is 3.52. The molecule has 0 saturated carbocycles. The van der Waals surface area contributed by atoms with Crippen molar-refractivity contribution >= 4 is 10.0 Å². The number of benzene rings is 1. The minimum Gasteiger partial charge on any atom is -0.374 e. The third kappa shape index (κ3) is 2.29. The molecule has 22 heavy (non-hydrogen) atoms. The largest absolute Gasteiger partial charge is 0.374 e. The van der Waals surface area contributed by atoms with Gasteiger partial charge in [0.1, 0.15) is 0 Å². The molecule has 0 unspecified atom stereocenters. The second-order valence-electron chi connectivity index (χ2n) is 6.62. The van der Waals surface area contributed by atoms with E-state index in [2.05, 4.69) is 11.9 Å². The molecule has 2 aliphatic heterocycles. The highest BCUT2D eigenvalue weighted by Gasteiger charge is 2.46. The summed E-state index contributed by atoms with van der Waals surface area (Å²) in [6.45, 7) is 2.64. The van der Waals surface area contributed by atoms with E-state index in [0.29, 0.717) is 32.5 Å². The van der Waals surface area contributed by atoms with E-state index in [-0.39, 0.29) is 17.4 Å². The fraction of sp³-hybridized carbons (Fsp3) is 0.625. The van der Waals surface area contributed by atoms with Gasteiger partial charge in [0.05, 0.1) is 24.0 Å². The lowest BCUT2D eigenvalue weighted by Crippen LogP contribution is -2.48. The predicted octanol–water partition coefficient (Wildman–Crippen LogP) is 0.498. The minimum absolute atomic E-state index is 0.0253. The van der Waals surface area contributed by atoms with Crippen LogP contribution in [0.1, 0.15) is 11.1 Å². The quantitative estimate of drug-likeness (QED) is 0.796. The normalized spacial score (nSPS) is 30.4. The molecule has 0 spiro atoms. The van der Waals surface area contributed by atoms with Gasteiger partial charge in [0.2, 0.25) is 10.0 Å². The topological polar surface area (TPSA) is 49.9 Å². The van der Waals surface area contributed by atoms with Gasteiger partial charge in [-0.15, -0.1) is 0 Å². The van der Waals surface area contributed by atoms with Crippen molar-refractivity contribution in [1.29, 1.82) is 0 Å². The van der Waals surface area contributed by atoms with Crippen LogP contribution in [0.3, 0.4) is 0 Å². The molecule has 2 heterocycles. The maximum Gasteiger partial charge on any atom is 0.217 e. The van der Waals surface area contributed by atoms with Crippen LogP contribution in [0.25, 0.3) is 0 Å². The summed E-state index contributed by atoms with van der Waals surface area (Å²) in [6, 6.07) is 8.27. The summed E-state index contributed by atoms with van der Waals surface area (Å²) in [5.41, 5.74) is 2.36. The highest BCUT2D eigenvalue weighted by molar-refractivity contribution is 7.89. The number of sulfonamides is 1. The first-order valence-electron chi connectivity index (χ1n) is 7.93. The summed E-state index contributed by atoms with van der Waals surface area (Å²) < 4.78 is 33.5. The standard InChI is InChI=1S/C16H22N2O3S/c1-17-6-7-21-16-11-18(10-15(16)17)22(19,20)14-8-12-4-2-3-5-13(12)9-14/h2-5,14-16H,6-11H2,1H3/t15-,16+/m0/s1. The minimum atomic E-state index is -3.26. The van der Waals surface area contributed by atoms with Crippen LogP contribution in [0.15, 0.2) is 24.3 Å². The van der Waals surface area contributed by atoms with Crippen molar-refractivity contribution in [3.05, 3.63) is 35.4 Å². The molecule has 1 aliphatic carbocycles. The fourth-order valence-electron chi connectivity index (χ4n) is 3.97. The number of rotatable bonds is 2. The Morgan fingerprint density at radius 2 is 1.82 bits per heavy atom. The average molecular weight is 322 g/mol. The molecule has 1 aromatic rings. The van der Waals surface area contributed by atoms with Crippen molar-refractivity contribution in [2.75, 3.05) is 33.3 Å². The molecule has 2 atom stereocenters. The molecule has 4 rings (SSSR count). The molecule has 0 aromatic heterocycles. The summed E-state index contributed by atoms with van der Waals surface area (Å²) in [5, 5.41) is -0.310. The van der Waals surface area contributed by atoms with E-state index in [1.165, 1.54) is 11.1 Å². The van der Waals surface area contributed by atoms with Gasteiger partial charge >= 0.3 is 0 Å². The van der Waals surface area contributed by atoms with Gasteiger partial charge in [-0.3, -0.25) is 4.90 Å². The molecule has 120 valence electrons. The summed E-state index contributed by atoms with van der Waals surface area (Å²) >= 11 is 0. The number of morpholine rings is 1. The molecular formula is C16H22N2O3S. The van der Waals surface area contributed by atoms with Gasteiger partial charge in [-0.1, -0.05) is 24.3 Å². The zero-order valence-corrected chi connectivity index (χ0v) is 13.6. The lowest BCUT2D eigenvalue weighted by molar-refractivity contribution is -0.0366. The third-order valence-electron chi connectivity index (χ3n) is 5.34. The van der Waals surface area contributed by atoms with Crippen LogP contribution in [0.4, 0.5) is 0 Å². The number of ether oxygens (including phenoxy) is 1. The highest BCUT2D eigenvalue weighted by atomic mass is 32.2. The number of hydrogen-bond donors (Lipinski definition) is 0. The molecule has 6 heteroatoms. The third-order valence-corrected chi connectivity index (χ3v) is 7.53. The smallest absolute Gasteiger partial charge is 0.217 e. The van der Waals surface area contributed by atoms with Gasteiger partial charge in [-0.25, -0.2) is 8.42 Å². The van der Waals surface area contributed by atoms with Crippen LogP contribution in [-0.4, -0.2) is 68.3 Å². The summed E-state index contributed by atoms with van der Waals surface area (Å²) in [4.78, 5) is 2.23. The van der Waals surface area contributed by atoms with Crippen LogP contribution in [0, 0.1) is 0 Å². The maximum absolute atomic E-state index is 13.0. The van der Waals surface area contributed by atoms with Gasteiger partial charge in [-0.05, 0) is 31.0 Å². The Morgan fingerprint density at radius 3 is 2.45 bits per heavy atom. The average Bonchev–Trinajstić information content (AvgIpc) is 3.12. The van der Waals surface area contributed by atoms with Gasteiger partial charge in [0.25, 0.3) is 0 Å². The van der Waals surface area contributed by atoms with E-state index in [0.717, 1.165) is 6.54 Å². The lowest BCUT2D eigenvalue weighted by atomic mass is 10.1. The first-order chi connectivity index (χ1) is 10.6. The van der Waals surface area contributed by atoms with Crippen molar-refractivity contribution in [2.24, 2.45) is 0 Å². The lowest BCUT2D eigenvalue weighted by Gasteiger charge is -2.33. The SMILES string of the molecule is CN1CCO[C@@H]2CN(S(=O)(=O)C3Cc4ccccc4C3)C[C@@H]21. The number of nitrogens with zero attached hydrogens (tertiary/aromatic N) is 2. The first kappa shape index (κ1) is 14.6. The number of hydrogen-bond acceptors (Lipinski definition) is 4. The Bertz CT molecular complexity index is 651. The first-order valence-corrected chi connectivity index (χ1v) is 9.43. The zero-order valence-electron chi connectivity index (χ0n) is 12.8. The second kappa shape index (κ2) is 5.30. The van der Waals surface area contributed by atoms with E-state index in [9.17, 15) is 8.42 Å². The Balaban J connectivity index is 1.53. The van der Waals surface area contributed by atoms with Crippen LogP contribution in [0.2, 0.25) is 0 Å². The predicted molar refractivity (Wildman–Crippen MR) is 84.3 cm³/mol. The van der Waals surface area contributed by atoms with E-state index in [1.807, 2.05) is 24.3 Å².